The summed E-state index contributed by atoms with van der Waals surface area (Å²) in [6.45, 7) is 2.06. The lowest BCUT2D eigenvalue weighted by molar-refractivity contribution is 0.0365. The zero-order chi connectivity index (χ0) is 18.3. The van der Waals surface area contributed by atoms with Crippen molar-refractivity contribution in [2.75, 3.05) is 13.1 Å². The molecule has 27 heavy (non-hydrogen) atoms. The number of benzene rings is 2. The molecule has 3 heteroatoms. The Morgan fingerprint density at radius 3 is 1.52 bits per heavy atom. The zero-order valence-electron chi connectivity index (χ0n) is 16.1. The van der Waals surface area contributed by atoms with Crippen molar-refractivity contribution in [3.8, 4) is 0 Å². The topological polar surface area (TPSA) is 30.5 Å². The van der Waals surface area contributed by atoms with E-state index in [1.807, 2.05) is 0 Å². The summed E-state index contributed by atoms with van der Waals surface area (Å²) in [6.07, 6.45) is 8.20. The number of hydrogen-bond acceptors (Lipinski definition) is 3. The molecule has 0 spiro atoms. The van der Waals surface area contributed by atoms with Crippen LogP contribution in [0.2, 0.25) is 0 Å². The van der Waals surface area contributed by atoms with Gasteiger partial charge in [0.25, 0.3) is 0 Å². The number of nitrogens with one attached hydrogen (secondary N) is 1. The minimum absolute atomic E-state index is 0.290. The molecule has 144 valence electrons. The Labute approximate surface area is 163 Å². The molecule has 2 fully saturated rings. The van der Waals surface area contributed by atoms with E-state index in [0.717, 1.165) is 38.8 Å². The van der Waals surface area contributed by atoms with Crippen molar-refractivity contribution in [2.24, 2.45) is 0 Å². The fourth-order valence-corrected chi connectivity index (χ4v) is 4.31. The third-order valence-corrected chi connectivity index (χ3v) is 5.84. The summed E-state index contributed by atoms with van der Waals surface area (Å²) < 4.78 is 12.5. The lowest BCUT2D eigenvalue weighted by Gasteiger charge is -2.16. The van der Waals surface area contributed by atoms with E-state index in [1.165, 1.54) is 24.0 Å². The lowest BCUT2D eigenvalue weighted by Crippen LogP contribution is -2.24. The molecule has 2 heterocycles. The summed E-state index contributed by atoms with van der Waals surface area (Å²) in [4.78, 5) is 0. The van der Waals surface area contributed by atoms with Gasteiger partial charge in [-0.3, -0.25) is 0 Å². The highest BCUT2D eigenvalue weighted by molar-refractivity contribution is 5.19. The first-order valence-electron chi connectivity index (χ1n) is 10.5. The van der Waals surface area contributed by atoms with Gasteiger partial charge in [-0.2, -0.15) is 0 Å². The minimum atomic E-state index is 0.290. The van der Waals surface area contributed by atoms with Gasteiger partial charge in [-0.05, 0) is 62.7 Å². The van der Waals surface area contributed by atoms with Crippen LogP contribution in [0.4, 0.5) is 0 Å². The van der Waals surface area contributed by atoms with Gasteiger partial charge in [-0.15, -0.1) is 0 Å². The minimum Gasteiger partial charge on any atom is -0.370 e. The van der Waals surface area contributed by atoms with E-state index in [1.54, 1.807) is 0 Å². The first-order valence-corrected chi connectivity index (χ1v) is 10.5. The molecule has 2 saturated heterocycles. The van der Waals surface area contributed by atoms with E-state index in [-0.39, 0.29) is 12.2 Å². The van der Waals surface area contributed by atoms with E-state index >= 15 is 0 Å². The van der Waals surface area contributed by atoms with Crippen LogP contribution in [-0.2, 0) is 9.47 Å². The summed E-state index contributed by atoms with van der Waals surface area (Å²) in [6, 6.07) is 21.2. The van der Waals surface area contributed by atoms with Gasteiger partial charge < -0.3 is 14.8 Å². The average molecular weight is 366 g/mol. The van der Waals surface area contributed by atoms with Gasteiger partial charge in [0.1, 0.15) is 0 Å². The van der Waals surface area contributed by atoms with Crippen LogP contribution >= 0.6 is 0 Å². The maximum absolute atomic E-state index is 6.23. The van der Waals surface area contributed by atoms with Crippen LogP contribution in [-0.4, -0.2) is 25.3 Å². The van der Waals surface area contributed by atoms with Crippen LogP contribution < -0.4 is 5.32 Å². The van der Waals surface area contributed by atoms with E-state index in [2.05, 4.69) is 66.0 Å². The summed E-state index contributed by atoms with van der Waals surface area (Å²) in [5.74, 6) is 0. The third kappa shape index (κ3) is 5.19. The normalized spacial score (nSPS) is 27.9. The Morgan fingerprint density at radius 1 is 0.630 bits per heavy atom. The second-order valence-electron chi connectivity index (χ2n) is 7.80. The summed E-state index contributed by atoms with van der Waals surface area (Å²) in [5, 5.41) is 3.59. The molecule has 2 aliphatic rings. The highest BCUT2D eigenvalue weighted by Gasteiger charge is 2.27. The second kappa shape index (κ2) is 9.50. The van der Waals surface area contributed by atoms with Crippen molar-refractivity contribution in [2.45, 2.75) is 62.9 Å². The average Bonchev–Trinajstić information content (AvgIpc) is 3.39. The molecule has 0 aliphatic carbocycles. The first-order chi connectivity index (χ1) is 13.4. The molecular formula is C24H31NO2. The Kier molecular flexibility index (Phi) is 6.57. The maximum atomic E-state index is 6.23. The Balaban J connectivity index is 1.09. The first kappa shape index (κ1) is 18.7. The van der Waals surface area contributed by atoms with Crippen molar-refractivity contribution >= 4 is 0 Å². The van der Waals surface area contributed by atoms with Gasteiger partial charge in [0, 0.05) is 0 Å². The predicted molar refractivity (Wildman–Crippen MR) is 109 cm³/mol. The van der Waals surface area contributed by atoms with Crippen LogP contribution in [0.5, 0.6) is 0 Å². The molecule has 0 amide bonds. The van der Waals surface area contributed by atoms with Crippen molar-refractivity contribution in [1.29, 1.82) is 0 Å². The molecule has 3 nitrogen and oxygen atoms in total. The van der Waals surface area contributed by atoms with E-state index in [9.17, 15) is 0 Å². The molecule has 4 rings (SSSR count). The monoisotopic (exact) mass is 365 g/mol. The summed E-state index contributed by atoms with van der Waals surface area (Å²) in [7, 11) is 0. The van der Waals surface area contributed by atoms with E-state index < -0.39 is 0 Å². The molecule has 0 radical (unpaired) electrons. The molecule has 1 N–H and O–H groups in total. The molecule has 0 bridgehead atoms. The highest BCUT2D eigenvalue weighted by atomic mass is 16.5. The number of ether oxygens (including phenoxy) is 2. The van der Waals surface area contributed by atoms with Crippen LogP contribution in [0.1, 0.15) is 61.9 Å². The van der Waals surface area contributed by atoms with Crippen LogP contribution in [0.3, 0.4) is 0 Å². The highest BCUT2D eigenvalue weighted by Crippen LogP contribution is 2.34. The van der Waals surface area contributed by atoms with Crippen molar-refractivity contribution in [3.63, 3.8) is 0 Å². The predicted octanol–water partition coefficient (Wildman–Crippen LogP) is 5.20. The number of rotatable bonds is 8. The third-order valence-electron chi connectivity index (χ3n) is 5.84. The molecule has 2 aromatic rings. The lowest BCUT2D eigenvalue weighted by atomic mass is 10.1. The van der Waals surface area contributed by atoms with E-state index in [0.29, 0.717) is 12.2 Å². The van der Waals surface area contributed by atoms with Gasteiger partial charge in [0.15, 0.2) is 0 Å². The summed E-state index contributed by atoms with van der Waals surface area (Å²) >= 11 is 0. The molecular weight excluding hydrogens is 334 g/mol. The van der Waals surface area contributed by atoms with Gasteiger partial charge in [0.2, 0.25) is 0 Å². The molecule has 0 aromatic heterocycles. The molecule has 4 atom stereocenters. The fourth-order valence-electron chi connectivity index (χ4n) is 4.31. The molecule has 2 aliphatic heterocycles. The maximum Gasteiger partial charge on any atom is 0.0829 e. The molecule has 4 unspecified atom stereocenters. The van der Waals surface area contributed by atoms with Crippen LogP contribution in [0, 0.1) is 0 Å². The Bertz CT molecular complexity index is 616. The molecule has 0 saturated carbocycles. The standard InChI is InChI=1S/C24H31NO2/c1-3-7-19(8-4-1)23-13-11-21(26-23)15-17-25-18-16-22-12-14-24(27-22)20-9-5-2-6-10-20/h1-10,21-25H,11-18H2. The van der Waals surface area contributed by atoms with Crippen LogP contribution in [0.25, 0.3) is 0 Å². The quantitative estimate of drug-likeness (QED) is 0.653. The zero-order valence-corrected chi connectivity index (χ0v) is 16.1. The number of hydrogen-bond donors (Lipinski definition) is 1. The second-order valence-corrected chi connectivity index (χ2v) is 7.80. The van der Waals surface area contributed by atoms with Gasteiger partial charge in [-0.1, -0.05) is 60.7 Å². The van der Waals surface area contributed by atoms with Gasteiger partial charge in [0.05, 0.1) is 24.4 Å². The van der Waals surface area contributed by atoms with Gasteiger partial charge >= 0.3 is 0 Å². The van der Waals surface area contributed by atoms with Crippen molar-refractivity contribution in [3.05, 3.63) is 71.8 Å². The van der Waals surface area contributed by atoms with Crippen molar-refractivity contribution in [1.82, 2.24) is 5.32 Å². The summed E-state index contributed by atoms with van der Waals surface area (Å²) in [5.41, 5.74) is 2.64. The van der Waals surface area contributed by atoms with E-state index in [4.69, 9.17) is 9.47 Å². The SMILES string of the molecule is c1ccc(C2CCC(CCNCCC3CCC(c4ccccc4)O3)O2)cc1. The molecule has 2 aromatic carbocycles. The van der Waals surface area contributed by atoms with Gasteiger partial charge in [-0.25, -0.2) is 0 Å². The Morgan fingerprint density at radius 2 is 1.07 bits per heavy atom. The fraction of sp³-hybridized carbons (Fsp3) is 0.500. The van der Waals surface area contributed by atoms with Crippen molar-refractivity contribution < 1.29 is 9.47 Å². The largest absolute Gasteiger partial charge is 0.370 e. The van der Waals surface area contributed by atoms with Crippen LogP contribution in [0.15, 0.2) is 60.7 Å². The Hall–Kier alpha value is -1.68. The smallest absolute Gasteiger partial charge is 0.0829 e.